The zero-order valence-corrected chi connectivity index (χ0v) is 9.11. The van der Waals surface area contributed by atoms with Crippen LogP contribution in [-0.2, 0) is 0 Å². The molecular weight excluding hydrogens is 249 g/mol. The molecule has 1 aliphatic carbocycles. The third-order valence-electron chi connectivity index (χ3n) is 1.49. The van der Waals surface area contributed by atoms with Gasteiger partial charge in [0.2, 0.25) is 0 Å². The molecule has 3 unspecified atom stereocenters. The molecule has 0 N–H and O–H groups in total. The first kappa shape index (κ1) is 10.3. The van der Waals surface area contributed by atoms with Crippen molar-refractivity contribution in [2.75, 3.05) is 0 Å². The summed E-state index contributed by atoms with van der Waals surface area (Å²) in [6, 6.07) is 0. The van der Waals surface area contributed by atoms with Crippen molar-refractivity contribution in [3.63, 3.8) is 0 Å². The lowest BCUT2D eigenvalue weighted by Crippen LogP contribution is -2.26. The Kier molecular flexibility index (Phi) is 3.67. The Bertz CT molecular complexity index is 187. The van der Waals surface area contributed by atoms with Crippen LogP contribution >= 0.6 is 58.0 Å². The first-order valence-corrected chi connectivity index (χ1v) is 5.08. The smallest absolute Gasteiger partial charge is 0.0868 e. The van der Waals surface area contributed by atoms with E-state index in [4.69, 9.17) is 58.0 Å². The van der Waals surface area contributed by atoms with E-state index in [0.29, 0.717) is 16.5 Å². The lowest BCUT2D eigenvalue weighted by molar-refractivity contribution is 0.734. The highest BCUT2D eigenvalue weighted by molar-refractivity contribution is 6.48. The molecule has 0 nitrogen and oxygen atoms in total. The maximum absolute atomic E-state index is 5.83. The van der Waals surface area contributed by atoms with Gasteiger partial charge in [0.15, 0.2) is 0 Å². The van der Waals surface area contributed by atoms with Gasteiger partial charge in [-0.2, -0.15) is 0 Å². The van der Waals surface area contributed by atoms with E-state index in [1.165, 1.54) is 0 Å². The van der Waals surface area contributed by atoms with Crippen LogP contribution in [-0.4, -0.2) is 16.1 Å². The minimum Gasteiger partial charge on any atom is -0.121 e. The summed E-state index contributed by atoms with van der Waals surface area (Å²) in [4.78, 5) is 0. The van der Waals surface area contributed by atoms with Gasteiger partial charge < -0.3 is 0 Å². The van der Waals surface area contributed by atoms with Crippen molar-refractivity contribution in [1.82, 2.24) is 0 Å². The molecule has 0 aromatic heterocycles. The van der Waals surface area contributed by atoms with Crippen LogP contribution in [0.25, 0.3) is 0 Å². The third kappa shape index (κ3) is 2.10. The summed E-state index contributed by atoms with van der Waals surface area (Å²) in [5.41, 5.74) is 0. The molecule has 0 aliphatic heterocycles. The normalized spacial score (nSPS) is 39.5. The molecule has 1 aliphatic rings. The van der Waals surface area contributed by atoms with Crippen LogP contribution in [0.4, 0.5) is 0 Å². The van der Waals surface area contributed by atoms with Crippen molar-refractivity contribution in [3.05, 3.63) is 10.1 Å². The number of alkyl halides is 3. The fourth-order valence-corrected chi connectivity index (χ4v) is 2.45. The largest absolute Gasteiger partial charge is 0.121 e. The van der Waals surface area contributed by atoms with Crippen molar-refractivity contribution in [1.29, 1.82) is 0 Å². The summed E-state index contributed by atoms with van der Waals surface area (Å²) >= 11 is 29.0. The van der Waals surface area contributed by atoms with E-state index < -0.39 is 5.38 Å². The second-order valence-corrected chi connectivity index (χ2v) is 4.69. The van der Waals surface area contributed by atoms with E-state index in [1.54, 1.807) is 0 Å². The number of halogens is 5. The highest BCUT2D eigenvalue weighted by Gasteiger charge is 2.32. The number of hydrogen-bond donors (Lipinski definition) is 0. The zero-order valence-electron chi connectivity index (χ0n) is 5.33. The number of allylic oxidation sites excluding steroid dienone is 2. The lowest BCUT2D eigenvalue weighted by Gasteiger charge is -2.25. The van der Waals surface area contributed by atoms with Gasteiger partial charge in [-0.15, -0.1) is 34.8 Å². The molecule has 0 saturated heterocycles. The Morgan fingerprint density at radius 3 is 2.09 bits per heavy atom. The molecule has 5 heteroatoms. The Morgan fingerprint density at radius 2 is 1.55 bits per heavy atom. The van der Waals surface area contributed by atoms with Crippen LogP contribution in [0.15, 0.2) is 10.1 Å². The lowest BCUT2D eigenvalue weighted by atomic mass is 10.1. The zero-order chi connectivity index (χ0) is 8.59. The van der Waals surface area contributed by atoms with Gasteiger partial charge in [-0.25, -0.2) is 0 Å². The van der Waals surface area contributed by atoms with Gasteiger partial charge in [0.05, 0.1) is 26.2 Å². The summed E-state index contributed by atoms with van der Waals surface area (Å²) < 4.78 is 0. The molecule has 11 heavy (non-hydrogen) atoms. The molecule has 0 heterocycles. The number of hydrogen-bond acceptors (Lipinski definition) is 0. The topological polar surface area (TPSA) is 0 Å². The van der Waals surface area contributed by atoms with Crippen molar-refractivity contribution >= 4 is 58.0 Å². The first-order chi connectivity index (χ1) is 5.04. The van der Waals surface area contributed by atoms with Gasteiger partial charge in [-0.05, 0) is 6.42 Å². The van der Waals surface area contributed by atoms with Crippen LogP contribution in [0, 0.1) is 0 Å². The maximum atomic E-state index is 5.83. The first-order valence-electron chi connectivity index (χ1n) is 3.01. The Morgan fingerprint density at radius 1 is 1.00 bits per heavy atom. The van der Waals surface area contributed by atoms with Gasteiger partial charge in [0, 0.05) is 0 Å². The number of rotatable bonds is 0. The highest BCUT2D eigenvalue weighted by Crippen LogP contribution is 2.38. The fraction of sp³-hybridized carbons (Fsp3) is 0.667. The van der Waals surface area contributed by atoms with Gasteiger partial charge >= 0.3 is 0 Å². The molecule has 0 radical (unpaired) electrons. The van der Waals surface area contributed by atoms with Crippen molar-refractivity contribution in [3.8, 4) is 0 Å². The summed E-state index contributed by atoms with van der Waals surface area (Å²) in [6.45, 7) is 0. The molecule has 0 saturated carbocycles. The summed E-state index contributed by atoms with van der Waals surface area (Å²) in [6.07, 6.45) is 0.562. The predicted molar refractivity (Wildman–Crippen MR) is 52.3 cm³/mol. The van der Waals surface area contributed by atoms with Gasteiger partial charge in [0.25, 0.3) is 0 Å². The summed E-state index contributed by atoms with van der Waals surface area (Å²) in [7, 11) is 0. The monoisotopic (exact) mass is 252 g/mol. The van der Waals surface area contributed by atoms with Crippen molar-refractivity contribution in [2.24, 2.45) is 0 Å². The SMILES string of the molecule is ClC1=C(Cl)C(Cl)C(Cl)CC1Cl. The van der Waals surface area contributed by atoms with Gasteiger partial charge in [-0.3, -0.25) is 0 Å². The van der Waals surface area contributed by atoms with E-state index in [2.05, 4.69) is 0 Å². The van der Waals surface area contributed by atoms with E-state index in [-0.39, 0.29) is 10.8 Å². The van der Waals surface area contributed by atoms with Crippen LogP contribution in [0.5, 0.6) is 0 Å². The summed E-state index contributed by atoms with van der Waals surface area (Å²) in [5, 5.41) is -0.124. The van der Waals surface area contributed by atoms with E-state index in [0.717, 1.165) is 0 Å². The Labute approximate surface area is 90.4 Å². The predicted octanol–water partition coefficient (Wildman–Crippen LogP) is 3.90. The Hall–Kier alpha value is 1.19. The molecular formula is C6H5Cl5. The fourth-order valence-electron chi connectivity index (χ4n) is 0.861. The van der Waals surface area contributed by atoms with E-state index >= 15 is 0 Å². The average Bonchev–Trinajstić information content (AvgIpc) is 1.97. The average molecular weight is 254 g/mol. The van der Waals surface area contributed by atoms with Crippen molar-refractivity contribution in [2.45, 2.75) is 22.6 Å². The van der Waals surface area contributed by atoms with Gasteiger partial charge in [-0.1, -0.05) is 23.2 Å². The molecule has 0 aromatic rings. The minimum atomic E-state index is -0.402. The standard InChI is InChI=1S/C6H5Cl5/c7-2-1-3(8)5(10)6(11)4(2)9/h2-4H,1H2. The maximum Gasteiger partial charge on any atom is 0.0868 e. The molecule has 1 rings (SSSR count). The third-order valence-corrected chi connectivity index (χ3v) is 4.20. The van der Waals surface area contributed by atoms with E-state index in [1.807, 2.05) is 0 Å². The van der Waals surface area contributed by atoms with Crippen molar-refractivity contribution < 1.29 is 0 Å². The molecule has 0 bridgehead atoms. The highest BCUT2D eigenvalue weighted by atomic mass is 35.5. The van der Waals surface area contributed by atoms with Crippen LogP contribution in [0.2, 0.25) is 0 Å². The second-order valence-electron chi connectivity index (χ2n) is 2.32. The summed E-state index contributed by atoms with van der Waals surface area (Å²) in [5.74, 6) is 0. The second kappa shape index (κ2) is 3.93. The molecule has 0 amide bonds. The quantitative estimate of drug-likeness (QED) is 0.575. The molecule has 0 fully saturated rings. The molecule has 3 atom stereocenters. The van der Waals surface area contributed by atoms with Gasteiger partial charge in [0.1, 0.15) is 0 Å². The van der Waals surface area contributed by atoms with E-state index in [9.17, 15) is 0 Å². The minimum absolute atomic E-state index is 0.228. The molecule has 64 valence electrons. The van der Waals surface area contributed by atoms with Crippen LogP contribution in [0.1, 0.15) is 6.42 Å². The van der Waals surface area contributed by atoms with Crippen LogP contribution in [0.3, 0.4) is 0 Å². The molecule has 0 spiro atoms. The molecule has 0 aromatic carbocycles. The van der Waals surface area contributed by atoms with Crippen LogP contribution < -0.4 is 0 Å². The Balaban J connectivity index is 2.89.